The van der Waals surface area contributed by atoms with Crippen molar-refractivity contribution in [3.05, 3.63) is 32.1 Å². The van der Waals surface area contributed by atoms with Gasteiger partial charge in [0.1, 0.15) is 9.84 Å². The Morgan fingerprint density at radius 2 is 2.00 bits per heavy atom. The molecule has 23 heavy (non-hydrogen) atoms. The van der Waals surface area contributed by atoms with Crippen LogP contribution in [-0.4, -0.2) is 54.3 Å². The molecule has 8 nitrogen and oxygen atoms in total. The lowest BCUT2D eigenvalue weighted by Gasteiger charge is -2.32. The van der Waals surface area contributed by atoms with Gasteiger partial charge in [-0.25, -0.2) is 13.2 Å². The Labute approximate surface area is 133 Å². The van der Waals surface area contributed by atoms with Gasteiger partial charge in [0.05, 0.1) is 12.2 Å². The summed E-state index contributed by atoms with van der Waals surface area (Å²) < 4.78 is 22.8. The molecule has 0 aromatic carbocycles. The fourth-order valence-electron chi connectivity index (χ4n) is 2.96. The molecule has 0 saturated carbocycles. The lowest BCUT2D eigenvalue weighted by molar-refractivity contribution is -0.132. The molecule has 1 saturated heterocycles. The highest BCUT2D eigenvalue weighted by atomic mass is 32.2. The molecular weight excluding hydrogens is 322 g/mol. The van der Waals surface area contributed by atoms with Crippen molar-refractivity contribution in [1.82, 2.24) is 14.9 Å². The molecule has 0 spiro atoms. The first-order valence-corrected chi connectivity index (χ1v) is 9.49. The van der Waals surface area contributed by atoms with Crippen LogP contribution in [0.2, 0.25) is 0 Å². The summed E-state index contributed by atoms with van der Waals surface area (Å²) in [5, 5.41) is 0. The number of aryl methyl sites for hydroxylation is 1. The van der Waals surface area contributed by atoms with Gasteiger partial charge in [0.15, 0.2) is 0 Å². The number of carbonyl (C=O) groups is 1. The summed E-state index contributed by atoms with van der Waals surface area (Å²) in [6.45, 7) is 2.51. The van der Waals surface area contributed by atoms with Gasteiger partial charge in [-0.2, -0.15) is 0 Å². The monoisotopic (exact) mass is 343 g/mol. The minimum absolute atomic E-state index is 0.0645. The topological polar surface area (TPSA) is 120 Å². The molecule has 1 aromatic heterocycles. The predicted octanol–water partition coefficient (Wildman–Crippen LogP) is -0.803. The van der Waals surface area contributed by atoms with Crippen molar-refractivity contribution in [3.63, 3.8) is 0 Å². The van der Waals surface area contributed by atoms with E-state index < -0.39 is 21.1 Å². The van der Waals surface area contributed by atoms with E-state index in [1.807, 2.05) is 0 Å². The first-order chi connectivity index (χ1) is 10.7. The van der Waals surface area contributed by atoms with Gasteiger partial charge in [0, 0.05) is 30.6 Å². The van der Waals surface area contributed by atoms with E-state index >= 15 is 0 Å². The van der Waals surface area contributed by atoms with E-state index in [4.69, 9.17) is 0 Å². The van der Waals surface area contributed by atoms with Gasteiger partial charge >= 0.3 is 5.69 Å². The molecule has 1 aliphatic heterocycles. The van der Waals surface area contributed by atoms with Crippen molar-refractivity contribution in [2.75, 3.05) is 25.1 Å². The largest absolute Gasteiger partial charge is 0.342 e. The van der Waals surface area contributed by atoms with Crippen LogP contribution in [0.15, 0.2) is 9.59 Å². The molecule has 0 radical (unpaired) electrons. The van der Waals surface area contributed by atoms with Crippen molar-refractivity contribution in [3.8, 4) is 0 Å². The normalized spacial score (nSPS) is 18.9. The molecule has 1 amide bonds. The van der Waals surface area contributed by atoms with Crippen LogP contribution in [0.3, 0.4) is 0 Å². The lowest BCUT2D eigenvalue weighted by Crippen LogP contribution is -2.43. The zero-order chi connectivity index (χ0) is 17.2. The molecule has 2 heterocycles. The number of aromatic amines is 2. The summed E-state index contributed by atoms with van der Waals surface area (Å²) >= 11 is 0. The molecule has 128 valence electrons. The lowest BCUT2D eigenvalue weighted by atomic mass is 9.99. The van der Waals surface area contributed by atoms with Crippen molar-refractivity contribution < 1.29 is 13.2 Å². The van der Waals surface area contributed by atoms with Gasteiger partial charge in [-0.05, 0) is 25.7 Å². The fraction of sp³-hybridized carbons (Fsp3) is 0.643. The maximum Gasteiger partial charge on any atom is 0.325 e. The third-order valence-corrected chi connectivity index (χ3v) is 5.07. The number of nitrogens with zero attached hydrogens (tertiary/aromatic N) is 1. The second kappa shape index (κ2) is 6.69. The average Bonchev–Trinajstić information content (AvgIpc) is 2.41. The van der Waals surface area contributed by atoms with Crippen LogP contribution >= 0.6 is 0 Å². The van der Waals surface area contributed by atoms with Crippen molar-refractivity contribution in [1.29, 1.82) is 0 Å². The van der Waals surface area contributed by atoms with Gasteiger partial charge in [0.2, 0.25) is 5.91 Å². The first kappa shape index (κ1) is 17.5. The number of piperidine rings is 1. The molecule has 2 rings (SSSR count). The highest BCUT2D eigenvalue weighted by molar-refractivity contribution is 7.90. The molecule has 1 atom stereocenters. The number of amides is 1. The number of likely N-dealkylation sites (tertiary alicyclic amines) is 1. The maximum absolute atomic E-state index is 12.4. The van der Waals surface area contributed by atoms with Crippen LogP contribution in [0.25, 0.3) is 0 Å². The molecule has 1 unspecified atom stereocenters. The fourth-order valence-corrected chi connectivity index (χ4v) is 4.09. The van der Waals surface area contributed by atoms with E-state index in [0.29, 0.717) is 18.8 Å². The Morgan fingerprint density at radius 3 is 2.61 bits per heavy atom. The minimum Gasteiger partial charge on any atom is -0.342 e. The Morgan fingerprint density at radius 1 is 1.30 bits per heavy atom. The predicted molar refractivity (Wildman–Crippen MR) is 85.1 cm³/mol. The summed E-state index contributed by atoms with van der Waals surface area (Å²) in [5.74, 6) is -0.240. The minimum atomic E-state index is -3.08. The van der Waals surface area contributed by atoms with Crippen LogP contribution in [0.1, 0.15) is 24.1 Å². The number of sulfone groups is 1. The molecule has 2 N–H and O–H groups in total. The van der Waals surface area contributed by atoms with E-state index in [-0.39, 0.29) is 29.6 Å². The SMILES string of the molecule is Cc1[nH]c(=O)[nH]c(=O)c1CC(=O)N1CCCC(CS(C)(=O)=O)C1. The second-order valence-electron chi connectivity index (χ2n) is 6.13. The zero-order valence-corrected chi connectivity index (χ0v) is 14.0. The molecular formula is C14H21N3O5S. The number of carbonyl (C=O) groups excluding carboxylic acids is 1. The van der Waals surface area contributed by atoms with Crippen LogP contribution in [0, 0.1) is 12.8 Å². The van der Waals surface area contributed by atoms with Gasteiger partial charge < -0.3 is 9.88 Å². The summed E-state index contributed by atoms with van der Waals surface area (Å²) in [5.41, 5.74) is -0.559. The number of rotatable bonds is 4. The Bertz CT molecular complexity index is 808. The van der Waals surface area contributed by atoms with Crippen molar-refractivity contribution in [2.45, 2.75) is 26.2 Å². The second-order valence-corrected chi connectivity index (χ2v) is 8.31. The quantitative estimate of drug-likeness (QED) is 0.741. The molecule has 0 bridgehead atoms. The standard InChI is InChI=1S/C14H21N3O5S/c1-9-11(13(19)16-14(20)15-9)6-12(18)17-5-3-4-10(7-17)8-23(2,21)22/h10H,3-8H2,1-2H3,(H2,15,16,19,20). The summed E-state index contributed by atoms with van der Waals surface area (Å²) in [7, 11) is -3.08. The number of hydrogen-bond donors (Lipinski definition) is 2. The van der Waals surface area contributed by atoms with E-state index in [0.717, 1.165) is 12.8 Å². The van der Waals surface area contributed by atoms with Gasteiger partial charge in [-0.1, -0.05) is 0 Å². The maximum atomic E-state index is 12.4. The number of hydrogen-bond acceptors (Lipinski definition) is 5. The summed E-state index contributed by atoms with van der Waals surface area (Å²) in [6.07, 6.45) is 2.60. The van der Waals surface area contributed by atoms with E-state index in [9.17, 15) is 22.8 Å². The Balaban J connectivity index is 2.09. The highest BCUT2D eigenvalue weighted by Crippen LogP contribution is 2.18. The van der Waals surface area contributed by atoms with E-state index in [1.165, 1.54) is 6.26 Å². The molecule has 1 aromatic rings. The van der Waals surface area contributed by atoms with Crippen LogP contribution in [-0.2, 0) is 21.1 Å². The van der Waals surface area contributed by atoms with Crippen LogP contribution in [0.5, 0.6) is 0 Å². The van der Waals surface area contributed by atoms with E-state index in [2.05, 4.69) is 9.97 Å². The third kappa shape index (κ3) is 4.78. The zero-order valence-electron chi connectivity index (χ0n) is 13.2. The van der Waals surface area contributed by atoms with Crippen LogP contribution in [0.4, 0.5) is 0 Å². The third-order valence-electron chi connectivity index (χ3n) is 3.99. The van der Waals surface area contributed by atoms with E-state index in [1.54, 1.807) is 11.8 Å². The molecule has 9 heteroatoms. The molecule has 1 fully saturated rings. The molecule has 1 aliphatic rings. The number of nitrogens with one attached hydrogen (secondary N) is 2. The number of H-pyrrole nitrogens is 2. The van der Waals surface area contributed by atoms with Gasteiger partial charge in [-0.15, -0.1) is 0 Å². The molecule has 0 aliphatic carbocycles. The Kier molecular flexibility index (Phi) is 5.08. The van der Waals surface area contributed by atoms with Crippen LogP contribution < -0.4 is 11.2 Å². The first-order valence-electron chi connectivity index (χ1n) is 7.43. The summed E-state index contributed by atoms with van der Waals surface area (Å²) in [6, 6.07) is 0. The Hall–Kier alpha value is -1.90. The highest BCUT2D eigenvalue weighted by Gasteiger charge is 2.26. The van der Waals surface area contributed by atoms with Gasteiger partial charge in [0.25, 0.3) is 5.56 Å². The van der Waals surface area contributed by atoms with Crippen molar-refractivity contribution in [2.24, 2.45) is 5.92 Å². The van der Waals surface area contributed by atoms with Gasteiger partial charge in [-0.3, -0.25) is 14.6 Å². The smallest absolute Gasteiger partial charge is 0.325 e. The average molecular weight is 343 g/mol. The number of aromatic nitrogens is 2. The van der Waals surface area contributed by atoms with Crippen molar-refractivity contribution >= 4 is 15.7 Å². The summed E-state index contributed by atoms with van der Waals surface area (Å²) in [4.78, 5) is 41.5.